The van der Waals surface area contributed by atoms with Gasteiger partial charge in [0.25, 0.3) is 0 Å². The maximum Gasteiger partial charge on any atom is 0.306 e. The lowest BCUT2D eigenvalue weighted by molar-refractivity contribution is -0.0400. The van der Waals surface area contributed by atoms with Gasteiger partial charge in [0.05, 0.1) is 19.8 Å². The Hall–Kier alpha value is -3.50. The van der Waals surface area contributed by atoms with Gasteiger partial charge in [-0.1, -0.05) is 71.9 Å². The minimum Gasteiger partial charge on any atom is -0.497 e. The molecule has 1 fully saturated rings. The van der Waals surface area contributed by atoms with Crippen LogP contribution in [0, 0.1) is 0 Å². The van der Waals surface area contributed by atoms with Gasteiger partial charge in [0, 0.05) is 6.42 Å². The first kappa shape index (κ1) is 36.8. The van der Waals surface area contributed by atoms with E-state index in [1.165, 1.54) is 0 Å². The Kier molecular flexibility index (Phi) is 10.5. The van der Waals surface area contributed by atoms with Crippen molar-refractivity contribution in [1.29, 1.82) is 0 Å². The molecular formula is C36H53N5O6Si2. The summed E-state index contributed by atoms with van der Waals surface area (Å²) in [4.78, 5) is 14.0. The van der Waals surface area contributed by atoms with Crippen LogP contribution in [0.5, 0.6) is 23.4 Å². The molecule has 49 heavy (non-hydrogen) atoms. The molecule has 2 N–H and O–H groups in total. The van der Waals surface area contributed by atoms with Gasteiger partial charge in [-0.15, -0.1) is 0 Å². The molecule has 5 rings (SSSR count). The Labute approximate surface area is 292 Å². The van der Waals surface area contributed by atoms with Crippen LogP contribution < -0.4 is 19.9 Å². The predicted octanol–water partition coefficient (Wildman–Crippen LogP) is 8.49. The smallest absolute Gasteiger partial charge is 0.306 e. The van der Waals surface area contributed by atoms with Gasteiger partial charge < -0.3 is 33.5 Å². The van der Waals surface area contributed by atoms with E-state index in [0.29, 0.717) is 35.7 Å². The number of nitrogen functional groups attached to an aromatic ring is 1. The lowest BCUT2D eigenvalue weighted by Crippen LogP contribution is -2.48. The van der Waals surface area contributed by atoms with Crippen molar-refractivity contribution >= 4 is 33.7 Å². The maximum atomic E-state index is 7.06. The second-order valence-electron chi connectivity index (χ2n) is 15.7. The molecule has 11 nitrogen and oxygen atoms in total. The van der Waals surface area contributed by atoms with Gasteiger partial charge in [0.15, 0.2) is 27.8 Å². The van der Waals surface area contributed by atoms with E-state index in [2.05, 4.69) is 77.7 Å². The topological polar surface area (TPSA) is 125 Å². The molecule has 1 saturated heterocycles. The van der Waals surface area contributed by atoms with Crippen LogP contribution in [0.3, 0.4) is 0 Å². The molecule has 1 aliphatic rings. The molecule has 0 spiro atoms. The average molecular weight is 708 g/mol. The second-order valence-corrected chi connectivity index (χ2v) is 25.3. The quantitative estimate of drug-likeness (QED) is 0.143. The van der Waals surface area contributed by atoms with Crippen LogP contribution in [0.2, 0.25) is 36.3 Å². The Bertz CT molecular complexity index is 1720. The Balaban J connectivity index is 1.56. The predicted molar refractivity (Wildman–Crippen MR) is 197 cm³/mol. The molecule has 0 radical (unpaired) electrons. The summed E-state index contributed by atoms with van der Waals surface area (Å²) < 4.78 is 40.5. The number of nitrogens with zero attached hydrogens (tertiary/aromatic N) is 4. The van der Waals surface area contributed by atoms with Crippen LogP contribution in [-0.2, 0) is 20.2 Å². The van der Waals surface area contributed by atoms with Crippen LogP contribution in [0.1, 0.15) is 59.8 Å². The van der Waals surface area contributed by atoms with Gasteiger partial charge in [-0.2, -0.15) is 15.0 Å². The fraction of sp³-hybridized carbons (Fsp3) is 0.528. The molecule has 266 valence electrons. The Morgan fingerprint density at radius 2 is 1.49 bits per heavy atom. The third kappa shape index (κ3) is 8.29. The minimum absolute atomic E-state index is 0.00688. The van der Waals surface area contributed by atoms with E-state index in [9.17, 15) is 0 Å². The summed E-state index contributed by atoms with van der Waals surface area (Å²) in [5.74, 6) is 1.59. The highest BCUT2D eigenvalue weighted by Gasteiger charge is 2.47. The Morgan fingerprint density at radius 3 is 2.10 bits per heavy atom. The molecule has 0 bridgehead atoms. The first-order valence-corrected chi connectivity index (χ1v) is 22.7. The fourth-order valence-corrected chi connectivity index (χ4v) is 7.42. The number of rotatable bonds is 12. The summed E-state index contributed by atoms with van der Waals surface area (Å²) in [6.45, 7) is 23.2. The monoisotopic (exact) mass is 707 g/mol. The molecular weight excluding hydrogens is 655 g/mol. The van der Waals surface area contributed by atoms with Gasteiger partial charge >= 0.3 is 6.01 Å². The van der Waals surface area contributed by atoms with Crippen molar-refractivity contribution in [1.82, 2.24) is 19.5 Å². The molecule has 0 aliphatic carbocycles. The number of benzene rings is 2. The van der Waals surface area contributed by atoms with Crippen LogP contribution in [0.25, 0.3) is 11.2 Å². The number of methoxy groups -OCH3 is 1. The molecule has 1 aliphatic heterocycles. The summed E-state index contributed by atoms with van der Waals surface area (Å²) >= 11 is 0. The van der Waals surface area contributed by atoms with E-state index in [-0.39, 0.29) is 46.7 Å². The summed E-state index contributed by atoms with van der Waals surface area (Å²) in [5.41, 5.74) is 8.15. The third-order valence-corrected chi connectivity index (χ3v) is 19.1. The second kappa shape index (κ2) is 14.0. The summed E-state index contributed by atoms with van der Waals surface area (Å²) in [5, 5.41) is 0.0538. The average Bonchev–Trinajstić information content (AvgIpc) is 3.58. The van der Waals surface area contributed by atoms with Gasteiger partial charge in [0.1, 0.15) is 30.4 Å². The standard InChI is InChI=1S/C36H53N5O6Si2/c1-35(2,3)48(8,9)44-23-28-27(47-49(10,11)36(4,5)6)21-29(46-28)41-31-30(38-34(41)45-26-19-17-25(42-7)18-20-26)32(40-33(37)39-31)43-22-24-15-13-12-14-16-24/h12-20,27-29H,21-23H2,1-11H3,(H2,37,39,40)/t27-,28+,29+/m0/s1. The first-order chi connectivity index (χ1) is 22.9. The van der Waals surface area contributed by atoms with Crippen LogP contribution in [0.15, 0.2) is 54.6 Å². The van der Waals surface area contributed by atoms with E-state index in [4.69, 9.17) is 38.5 Å². The summed E-state index contributed by atoms with van der Waals surface area (Å²) in [6, 6.07) is 17.4. The maximum absolute atomic E-state index is 7.06. The van der Waals surface area contributed by atoms with Crippen LogP contribution >= 0.6 is 0 Å². The SMILES string of the molecule is COc1ccc(Oc2nc3c(OCc4ccccc4)nc(N)nc3n2[C@H]2C[C@H](O[Si](C)(C)C(C)(C)C)[C@@H](CO[Si](C)(C)C(C)(C)C)O2)cc1. The third-order valence-electron chi connectivity index (χ3n) is 10.1. The molecule has 3 atom stereocenters. The molecule has 0 unspecified atom stereocenters. The number of hydrogen-bond donors (Lipinski definition) is 1. The lowest BCUT2D eigenvalue weighted by atomic mass is 10.2. The summed E-state index contributed by atoms with van der Waals surface area (Å²) in [6.07, 6.45) is -0.563. The highest BCUT2D eigenvalue weighted by Crippen LogP contribution is 2.44. The van der Waals surface area contributed by atoms with Gasteiger partial charge in [0.2, 0.25) is 11.8 Å². The molecule has 4 aromatic rings. The van der Waals surface area contributed by atoms with E-state index in [1.807, 2.05) is 59.2 Å². The van der Waals surface area contributed by atoms with Crippen molar-refractivity contribution in [3.8, 4) is 23.4 Å². The van der Waals surface area contributed by atoms with Crippen LogP contribution in [0.4, 0.5) is 5.95 Å². The molecule has 13 heteroatoms. The molecule has 0 amide bonds. The number of fused-ring (bicyclic) bond motifs is 1. The number of anilines is 1. The number of aromatic nitrogens is 4. The number of hydrogen-bond acceptors (Lipinski definition) is 10. The highest BCUT2D eigenvalue weighted by molar-refractivity contribution is 6.74. The fourth-order valence-electron chi connectivity index (χ4n) is 5.05. The molecule has 2 aromatic heterocycles. The normalized spacial score (nSPS) is 19.0. The minimum atomic E-state index is -2.19. The van der Waals surface area contributed by atoms with E-state index in [0.717, 1.165) is 5.56 Å². The Morgan fingerprint density at radius 1 is 0.857 bits per heavy atom. The van der Waals surface area contributed by atoms with Crippen molar-refractivity contribution in [2.45, 2.75) is 109 Å². The van der Waals surface area contributed by atoms with Crippen molar-refractivity contribution in [3.05, 3.63) is 60.2 Å². The number of nitrogens with two attached hydrogens (primary N) is 1. The highest BCUT2D eigenvalue weighted by atomic mass is 28.4. The zero-order valence-corrected chi connectivity index (χ0v) is 32.9. The van der Waals surface area contributed by atoms with E-state index in [1.54, 1.807) is 7.11 Å². The number of ether oxygens (including phenoxy) is 4. The van der Waals surface area contributed by atoms with Crippen molar-refractivity contribution in [3.63, 3.8) is 0 Å². The van der Waals surface area contributed by atoms with E-state index < -0.39 is 22.9 Å². The zero-order valence-electron chi connectivity index (χ0n) is 30.9. The van der Waals surface area contributed by atoms with Gasteiger partial charge in [-0.05, 0) is 66.1 Å². The lowest BCUT2D eigenvalue weighted by Gasteiger charge is -2.40. The van der Waals surface area contributed by atoms with Gasteiger partial charge in [-0.25, -0.2) is 0 Å². The first-order valence-electron chi connectivity index (χ1n) is 16.9. The summed E-state index contributed by atoms with van der Waals surface area (Å²) in [7, 11) is -2.65. The zero-order chi connectivity index (χ0) is 35.8. The molecule has 2 aromatic carbocycles. The van der Waals surface area contributed by atoms with Crippen molar-refractivity contribution in [2.75, 3.05) is 19.5 Å². The molecule has 3 heterocycles. The van der Waals surface area contributed by atoms with Crippen molar-refractivity contribution in [2.24, 2.45) is 0 Å². The van der Waals surface area contributed by atoms with Crippen molar-refractivity contribution < 1.29 is 27.8 Å². The molecule has 0 saturated carbocycles. The number of imidazole rings is 1. The largest absolute Gasteiger partial charge is 0.497 e. The van der Waals surface area contributed by atoms with Crippen LogP contribution in [-0.4, -0.2) is 62.1 Å². The van der Waals surface area contributed by atoms with E-state index >= 15 is 0 Å². The van der Waals surface area contributed by atoms with Gasteiger partial charge in [-0.3, -0.25) is 4.57 Å².